The van der Waals surface area contributed by atoms with Gasteiger partial charge in [-0.2, -0.15) is 0 Å². The molecule has 3 aliphatic heterocycles. The lowest BCUT2D eigenvalue weighted by molar-refractivity contribution is -0.126. The van der Waals surface area contributed by atoms with Gasteiger partial charge in [-0.05, 0) is 18.1 Å². The average molecular weight is 328 g/mol. The molecule has 1 amide bonds. The Hall–Kier alpha value is -1.85. The summed E-state index contributed by atoms with van der Waals surface area (Å²) in [5, 5.41) is 0. The van der Waals surface area contributed by atoms with Crippen LogP contribution < -0.4 is 4.74 Å². The zero-order valence-electron chi connectivity index (χ0n) is 14.1. The maximum atomic E-state index is 12.9. The largest absolute Gasteiger partial charge is 0.488 e. The molecule has 5 nitrogen and oxygen atoms in total. The molecule has 0 aromatic heterocycles. The van der Waals surface area contributed by atoms with Crippen molar-refractivity contribution in [3.8, 4) is 5.75 Å². The number of likely N-dealkylation sites (tertiary alicyclic amines) is 1. The van der Waals surface area contributed by atoms with Crippen molar-refractivity contribution in [2.24, 2.45) is 5.92 Å². The highest BCUT2D eigenvalue weighted by atomic mass is 16.5. The van der Waals surface area contributed by atoms with Crippen molar-refractivity contribution in [2.75, 3.05) is 46.0 Å². The van der Waals surface area contributed by atoms with Crippen molar-refractivity contribution in [3.05, 3.63) is 35.4 Å². The van der Waals surface area contributed by atoms with E-state index >= 15 is 0 Å². The molecule has 1 aromatic rings. The van der Waals surface area contributed by atoms with Gasteiger partial charge in [0.1, 0.15) is 12.4 Å². The molecule has 0 bridgehead atoms. The Morgan fingerprint density at radius 3 is 2.79 bits per heavy atom. The topological polar surface area (TPSA) is 42.0 Å². The molecule has 0 radical (unpaired) electrons. The Morgan fingerprint density at radius 2 is 1.96 bits per heavy atom. The molecule has 5 heteroatoms. The monoisotopic (exact) mass is 328 g/mol. The number of fused-ring (bicyclic) bond motifs is 1. The van der Waals surface area contributed by atoms with Gasteiger partial charge < -0.3 is 14.4 Å². The molecular weight excluding hydrogens is 304 g/mol. The maximum Gasteiger partial charge on any atom is 0.253 e. The minimum absolute atomic E-state index is 0.118. The minimum atomic E-state index is 0.118. The third kappa shape index (κ3) is 2.94. The average Bonchev–Trinajstić information content (AvgIpc) is 3.03. The zero-order valence-corrected chi connectivity index (χ0v) is 14.1. The van der Waals surface area contributed by atoms with Gasteiger partial charge in [-0.3, -0.25) is 9.69 Å². The zero-order chi connectivity index (χ0) is 16.5. The molecule has 0 aliphatic carbocycles. The lowest BCUT2D eigenvalue weighted by Crippen LogP contribution is -2.47. The first kappa shape index (κ1) is 15.7. The molecule has 4 rings (SSSR count). The predicted molar refractivity (Wildman–Crippen MR) is 91.8 cm³/mol. The maximum absolute atomic E-state index is 12.9. The number of amides is 1. The van der Waals surface area contributed by atoms with Crippen LogP contribution in [0.15, 0.2) is 29.8 Å². The van der Waals surface area contributed by atoms with E-state index in [9.17, 15) is 4.79 Å². The highest BCUT2D eigenvalue weighted by Gasteiger charge is 2.37. The van der Waals surface area contributed by atoms with E-state index in [2.05, 4.69) is 11.8 Å². The molecule has 0 N–H and O–H groups in total. The second-order valence-electron chi connectivity index (χ2n) is 6.90. The van der Waals surface area contributed by atoms with Crippen molar-refractivity contribution in [3.63, 3.8) is 0 Å². The van der Waals surface area contributed by atoms with E-state index < -0.39 is 0 Å². The first-order valence-electron chi connectivity index (χ1n) is 8.76. The van der Waals surface area contributed by atoms with Crippen LogP contribution in [-0.2, 0) is 9.53 Å². The van der Waals surface area contributed by atoms with Crippen LogP contribution in [0.25, 0.3) is 6.08 Å². The summed E-state index contributed by atoms with van der Waals surface area (Å²) in [6.07, 6.45) is 1.98. The van der Waals surface area contributed by atoms with Gasteiger partial charge in [-0.1, -0.05) is 25.1 Å². The SMILES string of the molecule is C[C@H]1CN(C(=O)C2=Cc3ccccc3OC2)C[C@H]1N1CCOCC1. The number of nitrogens with zero attached hydrogens (tertiary/aromatic N) is 2. The Kier molecular flexibility index (Phi) is 4.29. The number of hydrogen-bond donors (Lipinski definition) is 0. The van der Waals surface area contributed by atoms with Gasteiger partial charge in [0, 0.05) is 37.8 Å². The summed E-state index contributed by atoms with van der Waals surface area (Å²) in [7, 11) is 0. The molecule has 24 heavy (non-hydrogen) atoms. The smallest absolute Gasteiger partial charge is 0.253 e. The lowest BCUT2D eigenvalue weighted by atomic mass is 10.0. The number of carbonyl (C=O) groups excluding carboxylic acids is 1. The van der Waals surface area contributed by atoms with E-state index in [0.29, 0.717) is 18.6 Å². The standard InChI is InChI=1S/C19H24N2O3/c1-14-11-21(12-17(14)20-6-8-23-9-7-20)19(22)16-10-15-4-2-3-5-18(15)24-13-16/h2-5,10,14,17H,6-9,11-13H2,1H3/t14-,17+/m0/s1. The molecule has 0 saturated carbocycles. The third-order valence-electron chi connectivity index (χ3n) is 5.28. The number of hydrogen-bond acceptors (Lipinski definition) is 4. The molecule has 0 spiro atoms. The summed E-state index contributed by atoms with van der Waals surface area (Å²) in [6, 6.07) is 8.30. The number of carbonyl (C=O) groups is 1. The molecule has 0 unspecified atom stereocenters. The van der Waals surface area contributed by atoms with Crippen molar-refractivity contribution in [1.82, 2.24) is 9.80 Å². The summed E-state index contributed by atoms with van der Waals surface area (Å²) >= 11 is 0. The van der Waals surface area contributed by atoms with Crippen molar-refractivity contribution in [1.29, 1.82) is 0 Å². The van der Waals surface area contributed by atoms with Gasteiger partial charge in [0.2, 0.25) is 0 Å². The van der Waals surface area contributed by atoms with Crippen molar-refractivity contribution in [2.45, 2.75) is 13.0 Å². The highest BCUT2D eigenvalue weighted by Crippen LogP contribution is 2.29. The summed E-state index contributed by atoms with van der Waals surface area (Å²) < 4.78 is 11.2. The van der Waals surface area contributed by atoms with E-state index in [0.717, 1.165) is 56.3 Å². The van der Waals surface area contributed by atoms with Crippen LogP contribution in [0.2, 0.25) is 0 Å². The van der Waals surface area contributed by atoms with Crippen LogP contribution in [0.4, 0.5) is 0 Å². The van der Waals surface area contributed by atoms with E-state index in [1.54, 1.807) is 0 Å². The second kappa shape index (κ2) is 6.57. The van der Waals surface area contributed by atoms with Crippen LogP contribution in [-0.4, -0.2) is 67.7 Å². The van der Waals surface area contributed by atoms with Gasteiger partial charge in [0.05, 0.1) is 18.8 Å². The van der Waals surface area contributed by atoms with E-state index in [-0.39, 0.29) is 5.91 Å². The highest BCUT2D eigenvalue weighted by molar-refractivity contribution is 5.99. The minimum Gasteiger partial charge on any atom is -0.488 e. The number of ether oxygens (including phenoxy) is 2. The van der Waals surface area contributed by atoms with Gasteiger partial charge in [-0.25, -0.2) is 0 Å². The van der Waals surface area contributed by atoms with Crippen LogP contribution >= 0.6 is 0 Å². The molecule has 3 aliphatic rings. The summed E-state index contributed by atoms with van der Waals surface area (Å²) in [4.78, 5) is 17.4. The second-order valence-corrected chi connectivity index (χ2v) is 6.90. The van der Waals surface area contributed by atoms with Crippen molar-refractivity contribution < 1.29 is 14.3 Å². The molecular formula is C19H24N2O3. The fourth-order valence-electron chi connectivity index (χ4n) is 3.94. The lowest BCUT2D eigenvalue weighted by Gasteiger charge is -2.34. The Bertz CT molecular complexity index is 652. The molecule has 1 aromatic carbocycles. The molecule has 128 valence electrons. The first-order chi connectivity index (χ1) is 11.7. The molecule has 2 fully saturated rings. The van der Waals surface area contributed by atoms with E-state index in [4.69, 9.17) is 9.47 Å². The number of benzene rings is 1. The van der Waals surface area contributed by atoms with Gasteiger partial charge >= 0.3 is 0 Å². The van der Waals surface area contributed by atoms with Gasteiger partial charge in [0.15, 0.2) is 0 Å². The van der Waals surface area contributed by atoms with Gasteiger partial charge in [0.25, 0.3) is 5.91 Å². The quantitative estimate of drug-likeness (QED) is 0.828. The van der Waals surface area contributed by atoms with Crippen LogP contribution in [0, 0.1) is 5.92 Å². The molecule has 2 saturated heterocycles. The molecule has 2 atom stereocenters. The first-order valence-corrected chi connectivity index (χ1v) is 8.76. The van der Waals surface area contributed by atoms with Crippen LogP contribution in [0.1, 0.15) is 12.5 Å². The summed E-state index contributed by atoms with van der Waals surface area (Å²) in [5.74, 6) is 1.46. The number of morpholine rings is 1. The Morgan fingerprint density at radius 1 is 1.17 bits per heavy atom. The Labute approximate surface area is 142 Å². The van der Waals surface area contributed by atoms with E-state index in [1.165, 1.54) is 0 Å². The predicted octanol–water partition coefficient (Wildman–Crippen LogP) is 1.64. The van der Waals surface area contributed by atoms with Crippen LogP contribution in [0.5, 0.6) is 5.75 Å². The molecule has 3 heterocycles. The number of para-hydroxylation sites is 1. The van der Waals surface area contributed by atoms with Crippen molar-refractivity contribution >= 4 is 12.0 Å². The van der Waals surface area contributed by atoms with E-state index in [1.807, 2.05) is 35.2 Å². The third-order valence-corrected chi connectivity index (χ3v) is 5.28. The normalized spacial score (nSPS) is 27.4. The van der Waals surface area contributed by atoms with Crippen LogP contribution in [0.3, 0.4) is 0 Å². The summed E-state index contributed by atoms with van der Waals surface area (Å²) in [5.41, 5.74) is 1.74. The Balaban J connectivity index is 1.47. The number of rotatable bonds is 2. The summed E-state index contributed by atoms with van der Waals surface area (Å²) in [6.45, 7) is 7.77. The fraction of sp³-hybridized carbons (Fsp3) is 0.526. The fourth-order valence-corrected chi connectivity index (χ4v) is 3.94. The van der Waals surface area contributed by atoms with Gasteiger partial charge in [-0.15, -0.1) is 0 Å².